The molecule has 6 heteroatoms. The minimum absolute atomic E-state index is 0.0481. The SMILES string of the molecule is CCCCN(C)C1(CC(=O)O)CN(C(=O)OC(C)(C)C)C1. The predicted molar refractivity (Wildman–Crippen MR) is 80.3 cm³/mol. The van der Waals surface area contributed by atoms with Gasteiger partial charge in [-0.2, -0.15) is 0 Å². The number of likely N-dealkylation sites (tertiary alicyclic amines) is 1. The van der Waals surface area contributed by atoms with Gasteiger partial charge in [0.15, 0.2) is 0 Å². The van der Waals surface area contributed by atoms with Gasteiger partial charge in [0.2, 0.25) is 0 Å². The number of hydrogen-bond donors (Lipinski definition) is 1. The van der Waals surface area contributed by atoms with E-state index >= 15 is 0 Å². The van der Waals surface area contributed by atoms with E-state index < -0.39 is 17.1 Å². The van der Waals surface area contributed by atoms with Crippen molar-refractivity contribution >= 4 is 12.1 Å². The smallest absolute Gasteiger partial charge is 0.410 e. The van der Waals surface area contributed by atoms with Crippen molar-refractivity contribution in [3.63, 3.8) is 0 Å². The van der Waals surface area contributed by atoms with Crippen LogP contribution in [0.3, 0.4) is 0 Å². The highest BCUT2D eigenvalue weighted by Gasteiger charge is 2.50. The summed E-state index contributed by atoms with van der Waals surface area (Å²) in [6.07, 6.45) is 1.76. The molecule has 0 saturated carbocycles. The fourth-order valence-corrected chi connectivity index (χ4v) is 2.52. The Morgan fingerprint density at radius 2 is 1.90 bits per heavy atom. The molecule has 21 heavy (non-hydrogen) atoms. The molecule has 1 N–H and O–H groups in total. The second-order valence-electron chi connectivity index (χ2n) is 6.91. The van der Waals surface area contributed by atoms with Crippen molar-refractivity contribution in [3.05, 3.63) is 0 Å². The van der Waals surface area contributed by atoms with E-state index in [2.05, 4.69) is 11.8 Å². The highest BCUT2D eigenvalue weighted by Crippen LogP contribution is 2.32. The third kappa shape index (κ3) is 4.88. The van der Waals surface area contributed by atoms with Crippen LogP contribution in [0.25, 0.3) is 0 Å². The van der Waals surface area contributed by atoms with Crippen molar-refractivity contribution in [1.82, 2.24) is 9.80 Å². The number of rotatable bonds is 6. The van der Waals surface area contributed by atoms with Crippen LogP contribution in [-0.2, 0) is 9.53 Å². The Labute approximate surface area is 127 Å². The molecule has 0 spiro atoms. The van der Waals surface area contributed by atoms with E-state index in [4.69, 9.17) is 9.84 Å². The minimum Gasteiger partial charge on any atom is -0.481 e. The number of unbranched alkanes of at least 4 members (excludes halogenated alkanes) is 1. The van der Waals surface area contributed by atoms with Gasteiger partial charge in [-0.05, 0) is 40.8 Å². The van der Waals surface area contributed by atoms with E-state index in [1.54, 1.807) is 4.90 Å². The molecule has 0 aromatic heterocycles. The summed E-state index contributed by atoms with van der Waals surface area (Å²) in [5, 5.41) is 9.14. The lowest BCUT2D eigenvalue weighted by molar-refractivity contribution is -0.145. The maximum atomic E-state index is 12.0. The largest absolute Gasteiger partial charge is 0.481 e. The lowest BCUT2D eigenvalue weighted by atomic mass is 9.84. The molecule has 1 fully saturated rings. The van der Waals surface area contributed by atoms with Crippen LogP contribution in [0.2, 0.25) is 0 Å². The Balaban J connectivity index is 2.65. The number of ether oxygens (including phenoxy) is 1. The first kappa shape index (κ1) is 17.8. The van der Waals surface area contributed by atoms with Crippen molar-refractivity contribution in [3.8, 4) is 0 Å². The summed E-state index contributed by atoms with van der Waals surface area (Å²) in [7, 11) is 1.94. The lowest BCUT2D eigenvalue weighted by Gasteiger charge is -2.54. The third-order valence-corrected chi connectivity index (χ3v) is 3.76. The first-order chi connectivity index (χ1) is 9.59. The highest BCUT2D eigenvalue weighted by atomic mass is 16.6. The van der Waals surface area contributed by atoms with E-state index in [1.807, 2.05) is 27.8 Å². The summed E-state index contributed by atoms with van der Waals surface area (Å²) in [5.74, 6) is -0.831. The molecule has 0 unspecified atom stereocenters. The van der Waals surface area contributed by atoms with Crippen LogP contribution >= 0.6 is 0 Å². The third-order valence-electron chi connectivity index (χ3n) is 3.76. The fourth-order valence-electron chi connectivity index (χ4n) is 2.52. The molecule has 0 aromatic carbocycles. The molecule has 1 amide bonds. The van der Waals surface area contributed by atoms with Crippen molar-refractivity contribution < 1.29 is 19.4 Å². The molecule has 0 bridgehead atoms. The van der Waals surface area contributed by atoms with Gasteiger partial charge in [-0.3, -0.25) is 9.69 Å². The van der Waals surface area contributed by atoms with E-state index in [1.165, 1.54) is 0 Å². The minimum atomic E-state index is -0.831. The van der Waals surface area contributed by atoms with Gasteiger partial charge in [-0.1, -0.05) is 13.3 Å². The Hall–Kier alpha value is -1.30. The van der Waals surface area contributed by atoms with Crippen LogP contribution in [0, 0.1) is 0 Å². The van der Waals surface area contributed by atoms with Gasteiger partial charge in [-0.25, -0.2) is 4.79 Å². The summed E-state index contributed by atoms with van der Waals surface area (Å²) in [5.41, 5.74) is -0.992. The Kier molecular flexibility index (Phi) is 5.61. The normalized spacial score (nSPS) is 17.5. The first-order valence-electron chi connectivity index (χ1n) is 7.50. The van der Waals surface area contributed by atoms with Gasteiger partial charge in [0.1, 0.15) is 5.60 Å². The lowest BCUT2D eigenvalue weighted by Crippen LogP contribution is -2.71. The maximum absolute atomic E-state index is 12.0. The number of carboxylic acid groups (broad SMARTS) is 1. The number of carbonyl (C=O) groups is 2. The Morgan fingerprint density at radius 3 is 2.33 bits per heavy atom. The topological polar surface area (TPSA) is 70.1 Å². The number of hydrogen-bond acceptors (Lipinski definition) is 4. The van der Waals surface area contributed by atoms with E-state index in [-0.39, 0.29) is 12.5 Å². The first-order valence-corrected chi connectivity index (χ1v) is 7.50. The molecule has 1 heterocycles. The fraction of sp³-hybridized carbons (Fsp3) is 0.867. The van der Waals surface area contributed by atoms with Crippen molar-refractivity contribution in [2.75, 3.05) is 26.7 Å². The highest BCUT2D eigenvalue weighted by molar-refractivity contribution is 5.73. The number of likely N-dealkylation sites (N-methyl/N-ethyl adjacent to an activating group) is 1. The van der Waals surface area contributed by atoms with Crippen LogP contribution in [0.15, 0.2) is 0 Å². The molecule has 0 aliphatic carbocycles. The second kappa shape index (κ2) is 6.64. The molecule has 1 saturated heterocycles. The second-order valence-corrected chi connectivity index (χ2v) is 6.91. The predicted octanol–water partition coefficient (Wildman–Crippen LogP) is 2.18. The van der Waals surface area contributed by atoms with Crippen LogP contribution in [0.5, 0.6) is 0 Å². The van der Waals surface area contributed by atoms with Crippen LogP contribution in [0.4, 0.5) is 4.79 Å². The number of aliphatic carboxylic acids is 1. The van der Waals surface area contributed by atoms with Gasteiger partial charge < -0.3 is 14.7 Å². The molecule has 0 atom stereocenters. The zero-order valence-electron chi connectivity index (χ0n) is 13.8. The molecular weight excluding hydrogens is 272 g/mol. The number of carbonyl (C=O) groups excluding carboxylic acids is 1. The molecule has 122 valence electrons. The number of amides is 1. The zero-order chi connectivity index (χ0) is 16.3. The zero-order valence-corrected chi connectivity index (χ0v) is 13.8. The van der Waals surface area contributed by atoms with Gasteiger partial charge in [0.05, 0.1) is 12.0 Å². The maximum Gasteiger partial charge on any atom is 0.410 e. The summed E-state index contributed by atoms with van der Waals surface area (Å²) in [6.45, 7) is 9.23. The average molecular weight is 300 g/mol. The van der Waals surface area contributed by atoms with Crippen molar-refractivity contribution in [1.29, 1.82) is 0 Å². The van der Waals surface area contributed by atoms with Gasteiger partial charge in [0.25, 0.3) is 0 Å². The van der Waals surface area contributed by atoms with Crippen molar-refractivity contribution in [2.24, 2.45) is 0 Å². The Bertz CT molecular complexity index is 384. The van der Waals surface area contributed by atoms with Gasteiger partial charge >= 0.3 is 12.1 Å². The molecule has 0 aromatic rings. The van der Waals surface area contributed by atoms with Crippen LogP contribution in [-0.4, -0.2) is 64.8 Å². The summed E-state index contributed by atoms with van der Waals surface area (Å²) in [4.78, 5) is 26.8. The number of carboxylic acids is 1. The van der Waals surface area contributed by atoms with Crippen LogP contribution < -0.4 is 0 Å². The molecule has 1 rings (SSSR count). The summed E-state index contributed by atoms with van der Waals surface area (Å²) in [6, 6.07) is 0. The Morgan fingerprint density at radius 1 is 1.33 bits per heavy atom. The van der Waals surface area contributed by atoms with Gasteiger partial charge in [0, 0.05) is 13.1 Å². The van der Waals surface area contributed by atoms with E-state index in [9.17, 15) is 9.59 Å². The van der Waals surface area contributed by atoms with Crippen molar-refractivity contribution in [2.45, 2.75) is 58.1 Å². The van der Waals surface area contributed by atoms with Crippen LogP contribution in [0.1, 0.15) is 47.0 Å². The van der Waals surface area contributed by atoms with E-state index in [0.29, 0.717) is 13.1 Å². The average Bonchev–Trinajstić information content (AvgIpc) is 2.27. The summed E-state index contributed by atoms with van der Waals surface area (Å²) < 4.78 is 5.32. The summed E-state index contributed by atoms with van der Waals surface area (Å²) >= 11 is 0. The van der Waals surface area contributed by atoms with Gasteiger partial charge in [-0.15, -0.1) is 0 Å². The monoisotopic (exact) mass is 300 g/mol. The molecule has 1 aliphatic rings. The quantitative estimate of drug-likeness (QED) is 0.814. The molecule has 1 aliphatic heterocycles. The van der Waals surface area contributed by atoms with E-state index in [0.717, 1.165) is 19.4 Å². The molecular formula is C15H28N2O4. The molecule has 6 nitrogen and oxygen atoms in total. The number of nitrogens with zero attached hydrogens (tertiary/aromatic N) is 2. The standard InChI is InChI=1S/C15H28N2O4/c1-6-7-8-16(5)15(9-12(18)19)10-17(11-15)13(20)21-14(2,3)4/h6-11H2,1-5H3,(H,18,19). The molecule has 0 radical (unpaired) electrons.